The summed E-state index contributed by atoms with van der Waals surface area (Å²) in [5, 5.41) is 12.7. The van der Waals surface area contributed by atoms with E-state index in [1.807, 2.05) is 0 Å². The lowest BCUT2D eigenvalue weighted by atomic mass is 10.1. The van der Waals surface area contributed by atoms with Crippen molar-refractivity contribution in [1.29, 1.82) is 0 Å². The van der Waals surface area contributed by atoms with E-state index in [1.54, 1.807) is 30.3 Å². The topological polar surface area (TPSA) is 109 Å². The number of amides is 1. The zero-order valence-electron chi connectivity index (χ0n) is 18.5. The van der Waals surface area contributed by atoms with Crippen molar-refractivity contribution in [1.82, 2.24) is 0 Å². The second kappa shape index (κ2) is 9.86. The molecular weight excluding hydrogens is 418 g/mol. The van der Waals surface area contributed by atoms with Crippen molar-refractivity contribution in [2.24, 2.45) is 0 Å². The number of ether oxygens (including phenoxy) is 5. The molecule has 3 rings (SSSR count). The number of aromatic hydroxyl groups is 1. The highest BCUT2D eigenvalue weighted by Gasteiger charge is 2.20. The van der Waals surface area contributed by atoms with E-state index in [1.165, 1.54) is 41.6 Å². The fourth-order valence-electron chi connectivity index (χ4n) is 3.17. The normalized spacial score (nSPS) is 10.4. The first-order valence-corrected chi connectivity index (χ1v) is 9.58. The van der Waals surface area contributed by atoms with Crippen LogP contribution in [0.5, 0.6) is 34.5 Å². The van der Waals surface area contributed by atoms with Gasteiger partial charge in [-0.15, -0.1) is 0 Å². The summed E-state index contributed by atoms with van der Waals surface area (Å²) in [5.74, 6) is 2.17. The minimum Gasteiger partial charge on any atom is -0.504 e. The zero-order chi connectivity index (χ0) is 23.3. The summed E-state index contributed by atoms with van der Waals surface area (Å²) in [6.45, 7) is 0. The smallest absolute Gasteiger partial charge is 0.291 e. The van der Waals surface area contributed by atoms with Crippen LogP contribution in [-0.2, 0) is 6.42 Å². The number of anilines is 1. The number of hydrogen-bond donors (Lipinski definition) is 2. The molecule has 3 aromatic rings. The third-order valence-electron chi connectivity index (χ3n) is 4.79. The van der Waals surface area contributed by atoms with Crippen molar-refractivity contribution >= 4 is 11.6 Å². The molecule has 0 aliphatic carbocycles. The molecule has 0 saturated heterocycles. The van der Waals surface area contributed by atoms with Gasteiger partial charge in [-0.3, -0.25) is 4.79 Å². The number of methoxy groups -OCH3 is 5. The highest BCUT2D eigenvalue weighted by atomic mass is 16.5. The standard InChI is InChI=1S/C23H25NO8/c1-27-15-10-20(30-4)22(21(11-15)31-5)24-23(26)17-7-6-14(32-17)8-13-9-19(29-3)16(25)12-18(13)28-2/h6-7,9-12,25H,8H2,1-5H3,(H,24,26). The third-order valence-corrected chi connectivity index (χ3v) is 4.79. The van der Waals surface area contributed by atoms with Crippen LogP contribution in [0, 0.1) is 0 Å². The van der Waals surface area contributed by atoms with Gasteiger partial charge in [-0.05, 0) is 18.2 Å². The number of phenolic OH excluding ortho intramolecular Hbond substituents is 1. The Labute approximate surface area is 185 Å². The van der Waals surface area contributed by atoms with Crippen LogP contribution in [0.1, 0.15) is 21.9 Å². The van der Waals surface area contributed by atoms with Crippen LogP contribution >= 0.6 is 0 Å². The predicted octanol–water partition coefficient (Wildman–Crippen LogP) is 3.87. The lowest BCUT2D eigenvalue weighted by Crippen LogP contribution is -2.13. The number of furan rings is 1. The van der Waals surface area contributed by atoms with Gasteiger partial charge in [-0.1, -0.05) is 0 Å². The summed E-state index contributed by atoms with van der Waals surface area (Å²) in [5.41, 5.74) is 1.07. The fourth-order valence-corrected chi connectivity index (χ4v) is 3.17. The molecule has 0 saturated carbocycles. The Bertz CT molecular complexity index is 1080. The van der Waals surface area contributed by atoms with Crippen LogP contribution < -0.4 is 29.0 Å². The summed E-state index contributed by atoms with van der Waals surface area (Å²) in [6.07, 6.45) is 0.322. The monoisotopic (exact) mass is 443 g/mol. The quantitative estimate of drug-likeness (QED) is 0.513. The van der Waals surface area contributed by atoms with Crippen molar-refractivity contribution in [2.75, 3.05) is 40.9 Å². The van der Waals surface area contributed by atoms with Gasteiger partial charge in [0.15, 0.2) is 17.3 Å². The Kier molecular flexibility index (Phi) is 6.99. The summed E-state index contributed by atoms with van der Waals surface area (Å²) in [6, 6.07) is 9.65. The van der Waals surface area contributed by atoms with Gasteiger partial charge >= 0.3 is 0 Å². The van der Waals surface area contributed by atoms with Crippen LogP contribution in [0.4, 0.5) is 5.69 Å². The molecule has 0 atom stereocenters. The molecule has 0 aliphatic heterocycles. The summed E-state index contributed by atoms with van der Waals surface area (Å²) in [7, 11) is 7.45. The van der Waals surface area contributed by atoms with Crippen molar-refractivity contribution in [3.05, 3.63) is 53.5 Å². The number of nitrogens with one attached hydrogen (secondary N) is 1. The number of phenols is 1. The van der Waals surface area contributed by atoms with E-state index < -0.39 is 5.91 Å². The average molecular weight is 443 g/mol. The van der Waals surface area contributed by atoms with Gasteiger partial charge in [0.2, 0.25) is 0 Å². The van der Waals surface area contributed by atoms with E-state index in [9.17, 15) is 9.90 Å². The molecule has 2 aromatic carbocycles. The molecule has 1 aromatic heterocycles. The molecule has 9 heteroatoms. The predicted molar refractivity (Wildman–Crippen MR) is 117 cm³/mol. The molecule has 2 N–H and O–H groups in total. The largest absolute Gasteiger partial charge is 0.504 e. The molecule has 1 heterocycles. The molecule has 1 amide bonds. The Hall–Kier alpha value is -4.01. The van der Waals surface area contributed by atoms with E-state index in [0.717, 1.165) is 5.56 Å². The van der Waals surface area contributed by atoms with Crippen molar-refractivity contribution in [3.63, 3.8) is 0 Å². The maximum absolute atomic E-state index is 12.8. The molecule has 170 valence electrons. The minimum absolute atomic E-state index is 0.0324. The maximum Gasteiger partial charge on any atom is 0.291 e. The lowest BCUT2D eigenvalue weighted by molar-refractivity contribution is 0.0994. The fraction of sp³-hybridized carbons (Fsp3) is 0.261. The zero-order valence-corrected chi connectivity index (χ0v) is 18.5. The highest BCUT2D eigenvalue weighted by molar-refractivity contribution is 6.04. The average Bonchev–Trinajstić information content (AvgIpc) is 3.28. The molecule has 9 nitrogen and oxygen atoms in total. The number of rotatable bonds is 9. The first kappa shape index (κ1) is 22.7. The number of carbonyl (C=O) groups is 1. The lowest BCUT2D eigenvalue weighted by Gasteiger charge is -2.15. The van der Waals surface area contributed by atoms with Gasteiger partial charge in [0.05, 0.1) is 35.5 Å². The van der Waals surface area contributed by atoms with Gasteiger partial charge in [-0.2, -0.15) is 0 Å². The number of carbonyl (C=O) groups excluding carboxylic acids is 1. The Morgan fingerprint density at radius 1 is 0.844 bits per heavy atom. The highest BCUT2D eigenvalue weighted by Crippen LogP contribution is 2.39. The van der Waals surface area contributed by atoms with Crippen LogP contribution in [0.15, 0.2) is 40.8 Å². The van der Waals surface area contributed by atoms with Crippen LogP contribution in [-0.4, -0.2) is 46.6 Å². The van der Waals surface area contributed by atoms with E-state index >= 15 is 0 Å². The third kappa shape index (κ3) is 4.66. The summed E-state index contributed by atoms with van der Waals surface area (Å²) < 4.78 is 32.2. The molecule has 0 unspecified atom stereocenters. The summed E-state index contributed by atoms with van der Waals surface area (Å²) >= 11 is 0. The van der Waals surface area contributed by atoms with Gasteiger partial charge < -0.3 is 38.5 Å². The molecule has 0 bridgehead atoms. The SMILES string of the molecule is COc1cc(OC)c(NC(=O)c2ccc(Cc3cc(OC)c(O)cc3OC)o2)c(OC)c1. The molecule has 0 spiro atoms. The summed E-state index contributed by atoms with van der Waals surface area (Å²) in [4.78, 5) is 12.8. The van der Waals surface area contributed by atoms with Gasteiger partial charge in [-0.25, -0.2) is 0 Å². The molecule has 0 radical (unpaired) electrons. The Balaban J connectivity index is 1.83. The first-order chi connectivity index (χ1) is 15.4. The van der Waals surface area contributed by atoms with Gasteiger partial charge in [0.25, 0.3) is 5.91 Å². The van der Waals surface area contributed by atoms with Crippen LogP contribution in [0.25, 0.3) is 0 Å². The van der Waals surface area contributed by atoms with E-state index in [-0.39, 0.29) is 11.5 Å². The van der Waals surface area contributed by atoms with Gasteiger partial charge in [0, 0.05) is 30.2 Å². The maximum atomic E-state index is 12.8. The van der Waals surface area contributed by atoms with E-state index in [2.05, 4.69) is 5.32 Å². The molecule has 32 heavy (non-hydrogen) atoms. The second-order valence-electron chi connectivity index (χ2n) is 6.64. The second-order valence-corrected chi connectivity index (χ2v) is 6.64. The number of benzene rings is 2. The molecule has 0 aliphatic rings. The van der Waals surface area contributed by atoms with E-state index in [4.69, 9.17) is 28.1 Å². The van der Waals surface area contributed by atoms with Crippen LogP contribution in [0.2, 0.25) is 0 Å². The number of hydrogen-bond acceptors (Lipinski definition) is 8. The van der Waals surface area contributed by atoms with Gasteiger partial charge in [0.1, 0.15) is 34.4 Å². The molecule has 0 fully saturated rings. The van der Waals surface area contributed by atoms with Crippen molar-refractivity contribution < 1.29 is 38.0 Å². The first-order valence-electron chi connectivity index (χ1n) is 9.58. The van der Waals surface area contributed by atoms with Crippen molar-refractivity contribution in [3.8, 4) is 34.5 Å². The molecular formula is C23H25NO8. The van der Waals surface area contributed by atoms with Crippen molar-refractivity contribution in [2.45, 2.75) is 6.42 Å². The Morgan fingerprint density at radius 3 is 2.03 bits per heavy atom. The minimum atomic E-state index is -0.478. The Morgan fingerprint density at radius 2 is 1.47 bits per heavy atom. The van der Waals surface area contributed by atoms with E-state index in [0.29, 0.717) is 46.6 Å². The van der Waals surface area contributed by atoms with Crippen LogP contribution in [0.3, 0.4) is 0 Å².